The standard InChI is InChI=1S/C52H31N3S2/c1-3-14-32(15-4-1)43-31-44(54-52(53-43)33-16-5-2-6-17-33)38-21-13-23-46-50(38)39-20-7-10-22-45(39)55(46)35-29-40(51-42(30-35)37-19-9-12-25-48(37)57-51)34-26-27-49-41(28-34)36-18-8-11-24-47(36)56-49/h1-31H. The van der Waals surface area contributed by atoms with Crippen molar-refractivity contribution < 1.29 is 0 Å². The lowest BCUT2D eigenvalue weighted by atomic mass is 9.99. The van der Waals surface area contributed by atoms with E-state index in [1.165, 1.54) is 62.2 Å². The Kier molecular flexibility index (Phi) is 7.27. The molecule has 0 N–H and O–H groups in total. The average Bonchev–Trinajstić information content (AvgIpc) is 3.96. The summed E-state index contributed by atoms with van der Waals surface area (Å²) < 4.78 is 7.70. The lowest BCUT2D eigenvalue weighted by Crippen LogP contribution is -1.97. The van der Waals surface area contributed by atoms with Gasteiger partial charge in [0.25, 0.3) is 0 Å². The molecule has 3 nitrogen and oxygen atoms in total. The SMILES string of the molecule is c1ccc(-c2cc(-c3cccc4c3c3ccccc3n4-c3cc(-c4ccc5sc6ccccc6c5c4)c4sc5ccccc5c4c3)nc(-c3ccccc3)n2)cc1. The first-order chi connectivity index (χ1) is 28.2. The molecule has 0 spiro atoms. The topological polar surface area (TPSA) is 30.7 Å². The number of para-hydroxylation sites is 1. The van der Waals surface area contributed by atoms with Gasteiger partial charge in [-0.05, 0) is 60.2 Å². The van der Waals surface area contributed by atoms with Crippen molar-refractivity contribution in [3.8, 4) is 50.7 Å². The van der Waals surface area contributed by atoms with E-state index in [0.29, 0.717) is 5.82 Å². The molecule has 57 heavy (non-hydrogen) atoms. The Morgan fingerprint density at radius 1 is 0.368 bits per heavy atom. The maximum absolute atomic E-state index is 5.28. The van der Waals surface area contributed by atoms with Crippen molar-refractivity contribution in [2.24, 2.45) is 0 Å². The first kappa shape index (κ1) is 32.3. The number of aromatic nitrogens is 3. The van der Waals surface area contributed by atoms with Gasteiger partial charge in [-0.25, -0.2) is 9.97 Å². The van der Waals surface area contributed by atoms with Crippen LogP contribution in [0.25, 0.3) is 113 Å². The van der Waals surface area contributed by atoms with Gasteiger partial charge in [-0.3, -0.25) is 0 Å². The first-order valence-corrected chi connectivity index (χ1v) is 20.8. The summed E-state index contributed by atoms with van der Waals surface area (Å²) in [6.07, 6.45) is 0. The molecular formula is C52H31N3S2. The predicted molar refractivity (Wildman–Crippen MR) is 244 cm³/mol. The molecule has 0 atom stereocenters. The number of benzene rings is 8. The van der Waals surface area contributed by atoms with Gasteiger partial charge in [-0.1, -0.05) is 133 Å². The van der Waals surface area contributed by atoms with Crippen LogP contribution in [0.15, 0.2) is 188 Å². The number of hydrogen-bond acceptors (Lipinski definition) is 4. The summed E-state index contributed by atoms with van der Waals surface area (Å²) in [7, 11) is 0. The second kappa shape index (κ2) is 12.8. The number of nitrogens with zero attached hydrogens (tertiary/aromatic N) is 3. The number of thiophene rings is 2. The van der Waals surface area contributed by atoms with Crippen LogP contribution in [0, 0.1) is 0 Å². The van der Waals surface area contributed by atoms with Crippen LogP contribution >= 0.6 is 22.7 Å². The van der Waals surface area contributed by atoms with Gasteiger partial charge in [0.1, 0.15) is 0 Å². The lowest BCUT2D eigenvalue weighted by Gasteiger charge is -2.13. The average molecular weight is 762 g/mol. The Balaban J connectivity index is 1.14. The third-order valence-electron chi connectivity index (χ3n) is 11.2. The zero-order valence-corrected chi connectivity index (χ0v) is 32.2. The molecule has 12 aromatic rings. The van der Waals surface area contributed by atoms with Crippen molar-refractivity contribution in [2.75, 3.05) is 0 Å². The zero-order valence-electron chi connectivity index (χ0n) is 30.6. The highest BCUT2D eigenvalue weighted by molar-refractivity contribution is 7.26. The summed E-state index contributed by atoms with van der Waals surface area (Å²) in [5.74, 6) is 0.711. The van der Waals surface area contributed by atoms with E-state index in [-0.39, 0.29) is 0 Å². The summed E-state index contributed by atoms with van der Waals surface area (Å²) in [6.45, 7) is 0. The van der Waals surface area contributed by atoms with E-state index in [9.17, 15) is 0 Å². The maximum atomic E-state index is 5.28. The highest BCUT2D eigenvalue weighted by Gasteiger charge is 2.21. The molecule has 12 rings (SSSR count). The third-order valence-corrected chi connectivity index (χ3v) is 13.6. The van der Waals surface area contributed by atoms with Crippen LogP contribution in [0.4, 0.5) is 0 Å². The Labute approximate surface area is 336 Å². The molecule has 266 valence electrons. The van der Waals surface area contributed by atoms with Gasteiger partial charge < -0.3 is 4.57 Å². The molecule has 0 amide bonds. The van der Waals surface area contributed by atoms with E-state index in [1.54, 1.807) is 0 Å². The molecule has 8 aromatic carbocycles. The molecule has 4 aromatic heterocycles. The summed E-state index contributed by atoms with van der Waals surface area (Å²) in [5, 5.41) is 7.54. The zero-order chi connectivity index (χ0) is 37.5. The second-order valence-corrected chi connectivity index (χ2v) is 16.7. The van der Waals surface area contributed by atoms with Crippen molar-refractivity contribution in [3.05, 3.63) is 188 Å². The minimum absolute atomic E-state index is 0.711. The molecule has 0 fully saturated rings. The van der Waals surface area contributed by atoms with Crippen LogP contribution in [-0.2, 0) is 0 Å². The van der Waals surface area contributed by atoms with E-state index in [2.05, 4.69) is 168 Å². The van der Waals surface area contributed by atoms with Crippen molar-refractivity contribution in [3.63, 3.8) is 0 Å². The summed E-state index contributed by atoms with van der Waals surface area (Å²) in [4.78, 5) is 10.4. The monoisotopic (exact) mass is 761 g/mol. The molecule has 0 saturated carbocycles. The Morgan fingerprint density at radius 2 is 1.00 bits per heavy atom. The summed E-state index contributed by atoms with van der Waals surface area (Å²) >= 11 is 3.75. The van der Waals surface area contributed by atoms with Gasteiger partial charge >= 0.3 is 0 Å². The molecule has 0 aliphatic heterocycles. The molecule has 0 bridgehead atoms. The highest BCUT2D eigenvalue weighted by Crippen LogP contribution is 2.46. The van der Waals surface area contributed by atoms with Crippen molar-refractivity contribution in [1.82, 2.24) is 14.5 Å². The van der Waals surface area contributed by atoms with Crippen LogP contribution < -0.4 is 0 Å². The number of rotatable bonds is 5. The van der Waals surface area contributed by atoms with E-state index < -0.39 is 0 Å². The molecule has 0 saturated heterocycles. The number of fused-ring (bicyclic) bond motifs is 9. The van der Waals surface area contributed by atoms with Crippen LogP contribution in [0.2, 0.25) is 0 Å². The predicted octanol–water partition coefficient (Wildman–Crippen LogP) is 15.0. The fraction of sp³-hybridized carbons (Fsp3) is 0. The normalized spacial score (nSPS) is 11.9. The van der Waals surface area contributed by atoms with Crippen LogP contribution in [0.1, 0.15) is 0 Å². The van der Waals surface area contributed by atoms with E-state index in [4.69, 9.17) is 9.97 Å². The summed E-state index contributed by atoms with van der Waals surface area (Å²) in [6, 6.07) is 67.7. The van der Waals surface area contributed by atoms with Crippen molar-refractivity contribution in [2.45, 2.75) is 0 Å². The van der Waals surface area contributed by atoms with E-state index in [0.717, 1.165) is 44.8 Å². The molecular weight excluding hydrogens is 731 g/mol. The quantitative estimate of drug-likeness (QED) is 0.175. The van der Waals surface area contributed by atoms with Crippen molar-refractivity contribution in [1.29, 1.82) is 0 Å². The largest absolute Gasteiger partial charge is 0.309 e. The van der Waals surface area contributed by atoms with Gasteiger partial charge in [0.05, 0.1) is 22.4 Å². The number of hydrogen-bond donors (Lipinski definition) is 0. The fourth-order valence-corrected chi connectivity index (χ4v) is 10.9. The Morgan fingerprint density at radius 3 is 1.81 bits per heavy atom. The van der Waals surface area contributed by atoms with Crippen LogP contribution in [0.5, 0.6) is 0 Å². The molecule has 0 aliphatic carbocycles. The molecule has 5 heteroatoms. The molecule has 4 heterocycles. The smallest absolute Gasteiger partial charge is 0.160 e. The van der Waals surface area contributed by atoms with E-state index in [1.807, 2.05) is 46.9 Å². The van der Waals surface area contributed by atoms with Gasteiger partial charge in [0.2, 0.25) is 0 Å². The van der Waals surface area contributed by atoms with Crippen LogP contribution in [-0.4, -0.2) is 14.5 Å². The minimum Gasteiger partial charge on any atom is -0.309 e. The first-order valence-electron chi connectivity index (χ1n) is 19.1. The van der Waals surface area contributed by atoms with E-state index >= 15 is 0 Å². The Bertz CT molecular complexity index is 3460. The molecule has 0 unspecified atom stereocenters. The van der Waals surface area contributed by atoms with Gasteiger partial charge in [0.15, 0.2) is 5.82 Å². The maximum Gasteiger partial charge on any atom is 0.160 e. The highest BCUT2D eigenvalue weighted by atomic mass is 32.1. The van der Waals surface area contributed by atoms with Gasteiger partial charge in [-0.15, -0.1) is 22.7 Å². The van der Waals surface area contributed by atoms with Crippen molar-refractivity contribution >= 4 is 84.8 Å². The van der Waals surface area contributed by atoms with Gasteiger partial charge in [0, 0.05) is 79.1 Å². The minimum atomic E-state index is 0.711. The lowest BCUT2D eigenvalue weighted by molar-refractivity contribution is 1.18. The fourth-order valence-electron chi connectivity index (χ4n) is 8.62. The Hall–Kier alpha value is -6.92. The summed E-state index contributed by atoms with van der Waals surface area (Å²) in [5.41, 5.74) is 10.8. The second-order valence-electron chi connectivity index (χ2n) is 14.5. The van der Waals surface area contributed by atoms with Crippen LogP contribution in [0.3, 0.4) is 0 Å². The molecule has 0 radical (unpaired) electrons. The molecule has 0 aliphatic rings. The van der Waals surface area contributed by atoms with Gasteiger partial charge in [-0.2, -0.15) is 0 Å². The third kappa shape index (κ3) is 5.17.